The number of anilines is 1. The first-order valence-electron chi connectivity index (χ1n) is 5.84. The second kappa shape index (κ2) is 5.90. The van der Waals surface area contributed by atoms with E-state index >= 15 is 0 Å². The van der Waals surface area contributed by atoms with E-state index in [0.29, 0.717) is 18.9 Å². The standard InChI is InChI=1S/C13H15N3O3/c1-16-9-11(8-15-16)14-6-7-19-12-4-2-10(3-5-12)13(17)18/h2-5,8-9,14H,6-7H2,1H3,(H,17,18). The summed E-state index contributed by atoms with van der Waals surface area (Å²) in [5.74, 6) is -0.289. The fourth-order valence-corrected chi connectivity index (χ4v) is 1.57. The minimum Gasteiger partial charge on any atom is -0.492 e. The van der Waals surface area contributed by atoms with Crippen LogP contribution in [0.15, 0.2) is 36.7 Å². The number of carboxylic acid groups (broad SMARTS) is 1. The van der Waals surface area contributed by atoms with Gasteiger partial charge in [0.2, 0.25) is 0 Å². The SMILES string of the molecule is Cn1cc(NCCOc2ccc(C(=O)O)cc2)cn1. The van der Waals surface area contributed by atoms with Crippen molar-refractivity contribution in [2.24, 2.45) is 7.05 Å². The third-order valence-corrected chi connectivity index (χ3v) is 2.51. The zero-order chi connectivity index (χ0) is 13.7. The van der Waals surface area contributed by atoms with E-state index in [4.69, 9.17) is 9.84 Å². The van der Waals surface area contributed by atoms with Crippen LogP contribution >= 0.6 is 0 Å². The van der Waals surface area contributed by atoms with Gasteiger partial charge in [-0.15, -0.1) is 0 Å². The molecule has 0 unspecified atom stereocenters. The maximum Gasteiger partial charge on any atom is 0.335 e. The molecule has 0 saturated carbocycles. The van der Waals surface area contributed by atoms with Crippen molar-refractivity contribution < 1.29 is 14.6 Å². The molecule has 0 fully saturated rings. The number of rotatable bonds is 6. The number of aryl methyl sites for hydroxylation is 1. The smallest absolute Gasteiger partial charge is 0.335 e. The van der Waals surface area contributed by atoms with Gasteiger partial charge in [0.1, 0.15) is 12.4 Å². The summed E-state index contributed by atoms with van der Waals surface area (Å²) in [5.41, 5.74) is 1.19. The van der Waals surface area contributed by atoms with Crippen molar-refractivity contribution >= 4 is 11.7 Å². The van der Waals surface area contributed by atoms with Crippen LogP contribution in [-0.2, 0) is 7.05 Å². The van der Waals surface area contributed by atoms with Crippen molar-refractivity contribution in [3.8, 4) is 5.75 Å². The van der Waals surface area contributed by atoms with Crippen LogP contribution < -0.4 is 10.1 Å². The number of benzene rings is 1. The summed E-state index contributed by atoms with van der Waals surface area (Å²) in [6.07, 6.45) is 3.61. The van der Waals surface area contributed by atoms with Crippen LogP contribution in [0.25, 0.3) is 0 Å². The molecule has 1 heterocycles. The normalized spacial score (nSPS) is 10.2. The predicted molar refractivity (Wildman–Crippen MR) is 70.6 cm³/mol. The number of aromatic carboxylic acids is 1. The number of aromatic nitrogens is 2. The van der Waals surface area contributed by atoms with Gasteiger partial charge < -0.3 is 15.2 Å². The van der Waals surface area contributed by atoms with Crippen LogP contribution in [0.3, 0.4) is 0 Å². The van der Waals surface area contributed by atoms with E-state index in [2.05, 4.69) is 10.4 Å². The zero-order valence-corrected chi connectivity index (χ0v) is 10.5. The molecule has 0 aliphatic carbocycles. The van der Waals surface area contributed by atoms with Gasteiger partial charge in [-0.25, -0.2) is 4.79 Å². The third kappa shape index (κ3) is 3.74. The fourth-order valence-electron chi connectivity index (χ4n) is 1.57. The summed E-state index contributed by atoms with van der Waals surface area (Å²) in [6.45, 7) is 1.13. The Bertz CT molecular complexity index is 549. The highest BCUT2D eigenvalue weighted by atomic mass is 16.5. The molecule has 1 aromatic heterocycles. The number of carbonyl (C=O) groups is 1. The predicted octanol–water partition coefficient (Wildman–Crippen LogP) is 1.61. The molecule has 0 radical (unpaired) electrons. The van der Waals surface area contributed by atoms with Crippen LogP contribution in [0, 0.1) is 0 Å². The molecule has 0 aliphatic rings. The van der Waals surface area contributed by atoms with Crippen molar-refractivity contribution in [1.29, 1.82) is 0 Å². The molecule has 0 atom stereocenters. The summed E-state index contributed by atoms with van der Waals surface area (Å²) in [4.78, 5) is 10.7. The monoisotopic (exact) mass is 261 g/mol. The summed E-state index contributed by atoms with van der Waals surface area (Å²) in [5, 5.41) is 16.0. The van der Waals surface area contributed by atoms with E-state index in [-0.39, 0.29) is 5.56 Å². The number of ether oxygens (including phenoxy) is 1. The Morgan fingerprint density at radius 2 is 2.16 bits per heavy atom. The summed E-state index contributed by atoms with van der Waals surface area (Å²) in [7, 11) is 1.85. The lowest BCUT2D eigenvalue weighted by molar-refractivity contribution is 0.0697. The van der Waals surface area contributed by atoms with Crippen molar-refractivity contribution in [2.45, 2.75) is 0 Å². The molecule has 1 aromatic carbocycles. The highest BCUT2D eigenvalue weighted by Gasteiger charge is 2.02. The van der Waals surface area contributed by atoms with Gasteiger partial charge in [0.15, 0.2) is 0 Å². The molecule has 6 heteroatoms. The zero-order valence-electron chi connectivity index (χ0n) is 10.5. The van der Waals surface area contributed by atoms with E-state index < -0.39 is 5.97 Å². The lowest BCUT2D eigenvalue weighted by Gasteiger charge is -2.07. The van der Waals surface area contributed by atoms with E-state index in [9.17, 15) is 4.79 Å². The Morgan fingerprint density at radius 3 is 2.74 bits per heavy atom. The Kier molecular flexibility index (Phi) is 4.02. The van der Waals surface area contributed by atoms with Gasteiger partial charge in [0.25, 0.3) is 0 Å². The van der Waals surface area contributed by atoms with Crippen molar-refractivity contribution in [3.63, 3.8) is 0 Å². The van der Waals surface area contributed by atoms with Gasteiger partial charge in [0.05, 0.1) is 17.4 Å². The van der Waals surface area contributed by atoms with Gasteiger partial charge in [-0.05, 0) is 24.3 Å². The minimum atomic E-state index is -0.940. The molecule has 2 rings (SSSR count). The van der Waals surface area contributed by atoms with Gasteiger partial charge in [-0.1, -0.05) is 0 Å². The average molecular weight is 261 g/mol. The number of nitrogens with one attached hydrogen (secondary N) is 1. The van der Waals surface area contributed by atoms with E-state index in [1.807, 2.05) is 13.2 Å². The number of nitrogens with zero attached hydrogens (tertiary/aromatic N) is 2. The molecular formula is C13H15N3O3. The summed E-state index contributed by atoms with van der Waals surface area (Å²) in [6, 6.07) is 6.33. The molecule has 0 saturated heterocycles. The number of hydrogen-bond acceptors (Lipinski definition) is 4. The first-order chi connectivity index (χ1) is 9.15. The molecule has 2 N–H and O–H groups in total. The van der Waals surface area contributed by atoms with Crippen LogP contribution in [0.1, 0.15) is 10.4 Å². The Morgan fingerprint density at radius 1 is 1.42 bits per heavy atom. The molecular weight excluding hydrogens is 246 g/mol. The largest absolute Gasteiger partial charge is 0.492 e. The van der Waals surface area contributed by atoms with Crippen LogP contribution in [0.5, 0.6) is 5.75 Å². The first kappa shape index (κ1) is 12.9. The highest BCUT2D eigenvalue weighted by Crippen LogP contribution is 2.12. The maximum atomic E-state index is 10.7. The Hall–Kier alpha value is -2.50. The fraction of sp³-hybridized carbons (Fsp3) is 0.231. The first-order valence-corrected chi connectivity index (χ1v) is 5.84. The molecule has 2 aromatic rings. The molecule has 0 aliphatic heterocycles. The van der Waals surface area contributed by atoms with Crippen molar-refractivity contribution in [1.82, 2.24) is 9.78 Å². The molecule has 0 spiro atoms. The van der Waals surface area contributed by atoms with Gasteiger partial charge in [0, 0.05) is 19.8 Å². The minimum absolute atomic E-state index is 0.251. The van der Waals surface area contributed by atoms with Crippen molar-refractivity contribution in [2.75, 3.05) is 18.5 Å². The number of hydrogen-bond donors (Lipinski definition) is 2. The topological polar surface area (TPSA) is 76.4 Å². The third-order valence-electron chi connectivity index (χ3n) is 2.51. The highest BCUT2D eigenvalue weighted by molar-refractivity contribution is 5.87. The van der Waals surface area contributed by atoms with Crippen LogP contribution in [0.4, 0.5) is 5.69 Å². The van der Waals surface area contributed by atoms with E-state index in [0.717, 1.165) is 5.69 Å². The maximum absolute atomic E-state index is 10.7. The molecule has 0 amide bonds. The van der Waals surface area contributed by atoms with Crippen LogP contribution in [0.2, 0.25) is 0 Å². The van der Waals surface area contributed by atoms with Gasteiger partial charge in [-0.2, -0.15) is 5.10 Å². The molecule has 0 bridgehead atoms. The molecule has 6 nitrogen and oxygen atoms in total. The van der Waals surface area contributed by atoms with E-state index in [1.54, 1.807) is 23.0 Å². The Balaban J connectivity index is 1.75. The second-order valence-electron chi connectivity index (χ2n) is 4.01. The van der Waals surface area contributed by atoms with Gasteiger partial charge in [-0.3, -0.25) is 4.68 Å². The summed E-state index contributed by atoms with van der Waals surface area (Å²) < 4.78 is 7.20. The lowest BCUT2D eigenvalue weighted by Crippen LogP contribution is -2.11. The second-order valence-corrected chi connectivity index (χ2v) is 4.01. The summed E-state index contributed by atoms with van der Waals surface area (Å²) >= 11 is 0. The van der Waals surface area contributed by atoms with Crippen molar-refractivity contribution in [3.05, 3.63) is 42.2 Å². The van der Waals surface area contributed by atoms with E-state index in [1.165, 1.54) is 12.1 Å². The average Bonchev–Trinajstić information content (AvgIpc) is 2.81. The number of carboxylic acids is 1. The molecule has 100 valence electrons. The van der Waals surface area contributed by atoms with Crippen LogP contribution in [-0.4, -0.2) is 34.0 Å². The van der Waals surface area contributed by atoms with Gasteiger partial charge >= 0.3 is 5.97 Å². The Labute approximate surface area is 110 Å². The quantitative estimate of drug-likeness (QED) is 0.772. The molecule has 19 heavy (non-hydrogen) atoms. The lowest BCUT2D eigenvalue weighted by atomic mass is 10.2.